The van der Waals surface area contributed by atoms with Gasteiger partial charge in [-0.15, -0.1) is 0 Å². The lowest BCUT2D eigenvalue weighted by Gasteiger charge is -2.20. The molecule has 8 heteroatoms. The van der Waals surface area contributed by atoms with Crippen LogP contribution in [-0.4, -0.2) is 37.6 Å². The van der Waals surface area contributed by atoms with Gasteiger partial charge < -0.3 is 10.1 Å². The van der Waals surface area contributed by atoms with Crippen LogP contribution >= 0.6 is 0 Å². The first-order chi connectivity index (χ1) is 8.88. The number of hydrogen-bond donors (Lipinski definition) is 1. The first-order valence-corrected chi connectivity index (χ1v) is 5.39. The molecule has 19 heavy (non-hydrogen) atoms. The van der Waals surface area contributed by atoms with Crippen LogP contribution in [0, 0.1) is 5.82 Å². The molecular weight excluding hydrogens is 271 g/mol. The van der Waals surface area contributed by atoms with Crippen molar-refractivity contribution in [3.05, 3.63) is 29.8 Å². The Bertz CT molecular complexity index is 402. The maximum atomic E-state index is 13.4. The molecule has 0 aliphatic carbocycles. The summed E-state index contributed by atoms with van der Waals surface area (Å²) in [4.78, 5) is 3.54. The minimum absolute atomic E-state index is 0.165. The van der Waals surface area contributed by atoms with Crippen LogP contribution in [0.15, 0.2) is 18.5 Å². The average molecular weight is 284 g/mol. The predicted molar refractivity (Wildman–Crippen MR) is 57.8 cm³/mol. The van der Waals surface area contributed by atoms with Gasteiger partial charge in [0.15, 0.2) is 0 Å². The van der Waals surface area contributed by atoms with Crippen LogP contribution in [-0.2, 0) is 4.74 Å². The van der Waals surface area contributed by atoms with Crippen LogP contribution in [0.2, 0.25) is 0 Å². The molecule has 0 aliphatic rings. The topological polar surface area (TPSA) is 34.1 Å². The van der Waals surface area contributed by atoms with Gasteiger partial charge in [0.2, 0.25) is 0 Å². The number of rotatable bonds is 7. The lowest BCUT2D eigenvalue weighted by molar-refractivity contribution is -0.167. The van der Waals surface area contributed by atoms with Crippen molar-refractivity contribution in [3.63, 3.8) is 0 Å². The summed E-state index contributed by atoms with van der Waals surface area (Å²) in [6, 6.07) is 0.627. The van der Waals surface area contributed by atoms with E-state index in [1.807, 2.05) is 0 Å². The van der Waals surface area contributed by atoms with Gasteiger partial charge in [-0.05, 0) is 13.1 Å². The summed E-state index contributed by atoms with van der Waals surface area (Å²) in [5.74, 6) is -4.85. The van der Waals surface area contributed by atoms with Crippen molar-refractivity contribution in [2.75, 3.05) is 20.3 Å². The maximum Gasteiger partial charge on any atom is 0.330 e. The summed E-state index contributed by atoms with van der Waals surface area (Å²) in [6.45, 7) is -1.78. The highest BCUT2D eigenvalue weighted by Gasteiger charge is 2.41. The van der Waals surface area contributed by atoms with Crippen molar-refractivity contribution < 1.29 is 26.7 Å². The van der Waals surface area contributed by atoms with Crippen LogP contribution in [0.25, 0.3) is 0 Å². The molecule has 1 rings (SSSR count). The highest BCUT2D eigenvalue weighted by atomic mass is 19.3. The van der Waals surface area contributed by atoms with E-state index in [1.54, 1.807) is 0 Å². The summed E-state index contributed by atoms with van der Waals surface area (Å²) < 4.78 is 66.9. The normalized spacial score (nSPS) is 13.8. The van der Waals surface area contributed by atoms with Crippen molar-refractivity contribution in [2.24, 2.45) is 0 Å². The Balaban J connectivity index is 2.58. The summed E-state index contributed by atoms with van der Waals surface area (Å²) in [7, 11) is 1.47. The predicted octanol–water partition coefficient (Wildman–Crippen LogP) is 2.40. The Labute approximate surface area is 106 Å². The summed E-state index contributed by atoms with van der Waals surface area (Å²) in [5, 5.41) is 2.65. The Morgan fingerprint density at radius 2 is 2.11 bits per heavy atom. The molecule has 0 aliphatic heterocycles. The van der Waals surface area contributed by atoms with Crippen molar-refractivity contribution in [3.8, 4) is 0 Å². The van der Waals surface area contributed by atoms with Crippen molar-refractivity contribution in [1.82, 2.24) is 10.3 Å². The summed E-state index contributed by atoms with van der Waals surface area (Å²) in [5.41, 5.74) is 0.165. The molecule has 0 bridgehead atoms. The first kappa shape index (κ1) is 15.8. The van der Waals surface area contributed by atoms with E-state index in [0.717, 1.165) is 6.20 Å². The molecule has 0 spiro atoms. The lowest BCUT2D eigenvalue weighted by Crippen LogP contribution is -2.34. The highest BCUT2D eigenvalue weighted by Crippen LogP contribution is 2.24. The van der Waals surface area contributed by atoms with Crippen molar-refractivity contribution in [1.29, 1.82) is 0 Å². The van der Waals surface area contributed by atoms with Crippen LogP contribution in [0.5, 0.6) is 0 Å². The zero-order chi connectivity index (χ0) is 14.5. The molecule has 1 N–H and O–H groups in total. The molecule has 1 unspecified atom stereocenters. The zero-order valence-electron chi connectivity index (χ0n) is 10.0. The molecule has 1 atom stereocenters. The molecule has 1 heterocycles. The van der Waals surface area contributed by atoms with Gasteiger partial charge in [0.05, 0.1) is 18.8 Å². The van der Waals surface area contributed by atoms with E-state index in [9.17, 15) is 22.0 Å². The van der Waals surface area contributed by atoms with Crippen LogP contribution in [0.3, 0.4) is 0 Å². The van der Waals surface area contributed by atoms with Crippen LogP contribution in [0.1, 0.15) is 11.6 Å². The van der Waals surface area contributed by atoms with E-state index in [0.29, 0.717) is 0 Å². The number of nitrogens with one attached hydrogen (secondary N) is 1. The molecule has 108 valence electrons. The number of likely N-dealkylation sites (N-methyl/N-ethyl adjacent to an activating group) is 1. The van der Waals surface area contributed by atoms with Crippen LogP contribution in [0.4, 0.5) is 22.0 Å². The van der Waals surface area contributed by atoms with Crippen molar-refractivity contribution in [2.45, 2.75) is 18.4 Å². The fourth-order valence-electron chi connectivity index (χ4n) is 1.37. The Morgan fingerprint density at radius 3 is 2.63 bits per heavy atom. The summed E-state index contributed by atoms with van der Waals surface area (Å²) in [6.07, 6.45) is -1.50. The Kier molecular flexibility index (Phi) is 5.61. The molecule has 1 aromatic rings. The molecule has 0 saturated heterocycles. The van der Waals surface area contributed by atoms with E-state index in [1.165, 1.54) is 19.3 Å². The molecule has 0 fully saturated rings. The van der Waals surface area contributed by atoms with Gasteiger partial charge in [0.1, 0.15) is 12.4 Å². The Hall–Kier alpha value is -1.28. The van der Waals surface area contributed by atoms with Gasteiger partial charge in [-0.3, -0.25) is 4.98 Å². The average Bonchev–Trinajstić information content (AvgIpc) is 2.35. The van der Waals surface area contributed by atoms with E-state index >= 15 is 0 Å². The minimum Gasteiger partial charge on any atom is -0.373 e. The molecule has 0 saturated carbocycles. The zero-order valence-corrected chi connectivity index (χ0v) is 10.0. The van der Waals surface area contributed by atoms with Gasteiger partial charge in [-0.25, -0.2) is 13.2 Å². The molecule has 3 nitrogen and oxygen atoms in total. The third-order valence-corrected chi connectivity index (χ3v) is 2.43. The lowest BCUT2D eigenvalue weighted by atomic mass is 10.1. The van der Waals surface area contributed by atoms with Gasteiger partial charge >= 0.3 is 12.3 Å². The fraction of sp³-hybridized carbons (Fsp3) is 0.545. The molecular formula is C11H13F5N2O. The second kappa shape index (κ2) is 6.76. The van der Waals surface area contributed by atoms with Crippen molar-refractivity contribution >= 4 is 0 Å². The fourth-order valence-corrected chi connectivity index (χ4v) is 1.37. The van der Waals surface area contributed by atoms with E-state index in [2.05, 4.69) is 15.0 Å². The molecule has 0 amide bonds. The van der Waals surface area contributed by atoms with Gasteiger partial charge in [-0.1, -0.05) is 0 Å². The SMILES string of the molecule is CNC(COCC(F)(F)C(F)F)c1ccncc1F. The van der Waals surface area contributed by atoms with Gasteiger partial charge in [-0.2, -0.15) is 8.78 Å². The first-order valence-electron chi connectivity index (χ1n) is 5.39. The van der Waals surface area contributed by atoms with E-state index in [-0.39, 0.29) is 12.2 Å². The largest absolute Gasteiger partial charge is 0.373 e. The number of ether oxygens (including phenoxy) is 1. The number of pyridine rings is 1. The number of halogens is 5. The second-order valence-electron chi connectivity index (χ2n) is 3.82. The number of nitrogens with zero attached hydrogens (tertiary/aromatic N) is 1. The molecule has 0 aromatic carbocycles. The molecule has 1 aromatic heterocycles. The quantitative estimate of drug-likeness (QED) is 0.781. The number of alkyl halides is 4. The monoisotopic (exact) mass is 284 g/mol. The number of hydrogen-bond acceptors (Lipinski definition) is 3. The third-order valence-electron chi connectivity index (χ3n) is 2.43. The minimum atomic E-state index is -4.21. The highest BCUT2D eigenvalue weighted by molar-refractivity contribution is 5.17. The maximum absolute atomic E-state index is 13.4. The smallest absolute Gasteiger partial charge is 0.330 e. The number of aromatic nitrogens is 1. The van der Waals surface area contributed by atoms with Gasteiger partial charge in [0, 0.05) is 11.8 Å². The summed E-state index contributed by atoms with van der Waals surface area (Å²) >= 11 is 0. The van der Waals surface area contributed by atoms with Crippen LogP contribution < -0.4 is 5.32 Å². The second-order valence-corrected chi connectivity index (χ2v) is 3.82. The van der Waals surface area contributed by atoms with E-state index < -0.39 is 30.8 Å². The van der Waals surface area contributed by atoms with E-state index in [4.69, 9.17) is 0 Å². The van der Waals surface area contributed by atoms with Gasteiger partial charge in [0.25, 0.3) is 0 Å². The standard InChI is InChI=1S/C11H13F5N2O/c1-17-9(7-2-3-18-4-8(7)12)5-19-6-11(15,16)10(13)14/h2-4,9-10,17H,5-6H2,1H3. The Morgan fingerprint density at radius 1 is 1.42 bits per heavy atom. The molecule has 0 radical (unpaired) electrons. The third kappa shape index (κ3) is 4.39.